The van der Waals surface area contributed by atoms with Crippen LogP contribution in [0.4, 0.5) is 0 Å². The van der Waals surface area contributed by atoms with Crippen LogP contribution in [0.25, 0.3) is 0 Å². The van der Waals surface area contributed by atoms with Gasteiger partial charge in [-0.3, -0.25) is 0 Å². The van der Waals surface area contributed by atoms with E-state index in [-0.39, 0.29) is 0 Å². The lowest BCUT2D eigenvalue weighted by molar-refractivity contribution is 0.0462. The van der Waals surface area contributed by atoms with Crippen molar-refractivity contribution in [2.45, 2.75) is 45.1 Å². The van der Waals surface area contributed by atoms with E-state index in [4.69, 9.17) is 0 Å². The number of halogens is 1. The number of hydrogen-bond donors (Lipinski definition) is 1. The van der Waals surface area contributed by atoms with Gasteiger partial charge in [0.05, 0.1) is 5.60 Å². The highest BCUT2D eigenvalue weighted by molar-refractivity contribution is 9.09. The SMILES string of the molecule is CCCC[C@](C)(O)CCBr. The minimum Gasteiger partial charge on any atom is -0.390 e. The van der Waals surface area contributed by atoms with E-state index in [2.05, 4.69) is 22.9 Å². The van der Waals surface area contributed by atoms with E-state index in [1.165, 1.54) is 6.42 Å². The third kappa shape index (κ3) is 5.24. The molecule has 0 aromatic rings. The van der Waals surface area contributed by atoms with E-state index in [9.17, 15) is 5.11 Å². The van der Waals surface area contributed by atoms with Crippen LogP contribution in [0.5, 0.6) is 0 Å². The molecule has 0 bridgehead atoms. The zero-order valence-electron chi connectivity index (χ0n) is 6.86. The van der Waals surface area contributed by atoms with Crippen LogP contribution in [0.3, 0.4) is 0 Å². The Bertz CT molecular complexity index is 81.3. The smallest absolute Gasteiger partial charge is 0.0627 e. The molecule has 1 atom stereocenters. The number of alkyl halides is 1. The molecule has 0 saturated carbocycles. The summed E-state index contributed by atoms with van der Waals surface area (Å²) in [5, 5.41) is 10.5. The summed E-state index contributed by atoms with van der Waals surface area (Å²) in [7, 11) is 0. The van der Waals surface area contributed by atoms with Gasteiger partial charge in [-0.05, 0) is 19.8 Å². The molecular formula is C8H17BrO. The second-order valence-electron chi connectivity index (χ2n) is 3.04. The van der Waals surface area contributed by atoms with Crippen molar-refractivity contribution in [1.29, 1.82) is 0 Å². The van der Waals surface area contributed by atoms with Crippen molar-refractivity contribution in [3.63, 3.8) is 0 Å². The van der Waals surface area contributed by atoms with Gasteiger partial charge < -0.3 is 5.11 Å². The molecule has 0 aromatic carbocycles. The topological polar surface area (TPSA) is 20.2 Å². The van der Waals surface area contributed by atoms with Crippen LogP contribution >= 0.6 is 15.9 Å². The van der Waals surface area contributed by atoms with Gasteiger partial charge in [0.2, 0.25) is 0 Å². The maximum atomic E-state index is 9.62. The Balaban J connectivity index is 3.42. The van der Waals surface area contributed by atoms with Gasteiger partial charge in [0, 0.05) is 5.33 Å². The molecule has 0 unspecified atom stereocenters. The number of unbranched alkanes of at least 4 members (excludes halogenated alkanes) is 1. The summed E-state index contributed by atoms with van der Waals surface area (Å²) in [5.74, 6) is 0. The first-order chi connectivity index (χ1) is 4.62. The molecule has 0 aliphatic heterocycles. The normalized spacial score (nSPS) is 16.8. The van der Waals surface area contributed by atoms with Crippen molar-refractivity contribution in [3.05, 3.63) is 0 Å². The molecule has 1 nitrogen and oxygen atoms in total. The maximum Gasteiger partial charge on any atom is 0.0627 e. The first-order valence-corrected chi connectivity index (χ1v) is 5.03. The molecule has 0 amide bonds. The first kappa shape index (κ1) is 10.4. The predicted molar refractivity (Wildman–Crippen MR) is 48.6 cm³/mol. The molecule has 0 heterocycles. The van der Waals surface area contributed by atoms with Gasteiger partial charge in [0.15, 0.2) is 0 Å². The molecule has 0 fully saturated rings. The van der Waals surface area contributed by atoms with Crippen LogP contribution in [0, 0.1) is 0 Å². The summed E-state index contributed by atoms with van der Waals surface area (Å²) >= 11 is 3.32. The van der Waals surface area contributed by atoms with Gasteiger partial charge in [-0.1, -0.05) is 35.7 Å². The molecular weight excluding hydrogens is 192 g/mol. The van der Waals surface area contributed by atoms with Crippen molar-refractivity contribution >= 4 is 15.9 Å². The van der Waals surface area contributed by atoms with Crippen LogP contribution in [-0.2, 0) is 0 Å². The molecule has 2 heteroatoms. The van der Waals surface area contributed by atoms with Crippen molar-refractivity contribution in [2.75, 3.05) is 5.33 Å². The largest absolute Gasteiger partial charge is 0.390 e. The summed E-state index contributed by atoms with van der Waals surface area (Å²) in [4.78, 5) is 0. The lowest BCUT2D eigenvalue weighted by Gasteiger charge is -2.21. The highest BCUT2D eigenvalue weighted by Gasteiger charge is 2.17. The molecule has 0 saturated heterocycles. The highest BCUT2D eigenvalue weighted by Crippen LogP contribution is 2.18. The van der Waals surface area contributed by atoms with Gasteiger partial charge in [-0.15, -0.1) is 0 Å². The van der Waals surface area contributed by atoms with Gasteiger partial charge in [-0.25, -0.2) is 0 Å². The second kappa shape index (κ2) is 5.14. The summed E-state index contributed by atoms with van der Waals surface area (Å²) in [6.45, 7) is 4.05. The van der Waals surface area contributed by atoms with Gasteiger partial charge in [0.25, 0.3) is 0 Å². The lowest BCUT2D eigenvalue weighted by atomic mass is 9.97. The summed E-state index contributed by atoms with van der Waals surface area (Å²) in [6, 6.07) is 0. The molecule has 0 aliphatic rings. The van der Waals surface area contributed by atoms with Crippen LogP contribution in [-0.4, -0.2) is 16.0 Å². The molecule has 10 heavy (non-hydrogen) atoms. The van der Waals surface area contributed by atoms with Crippen LogP contribution in [0.1, 0.15) is 39.5 Å². The Labute approximate surface area is 72.0 Å². The average molecular weight is 209 g/mol. The fourth-order valence-corrected chi connectivity index (χ4v) is 1.74. The van der Waals surface area contributed by atoms with Gasteiger partial charge in [-0.2, -0.15) is 0 Å². The summed E-state index contributed by atoms with van der Waals surface area (Å²) in [5.41, 5.74) is -0.445. The van der Waals surface area contributed by atoms with Crippen molar-refractivity contribution < 1.29 is 5.11 Å². The molecule has 0 aromatic heterocycles. The van der Waals surface area contributed by atoms with E-state index >= 15 is 0 Å². The Morgan fingerprint density at radius 1 is 1.40 bits per heavy atom. The monoisotopic (exact) mass is 208 g/mol. The van der Waals surface area contributed by atoms with Crippen LogP contribution in [0.2, 0.25) is 0 Å². The third-order valence-electron chi connectivity index (χ3n) is 1.70. The Hall–Kier alpha value is 0.440. The zero-order valence-corrected chi connectivity index (χ0v) is 8.45. The van der Waals surface area contributed by atoms with Crippen LogP contribution in [0.15, 0.2) is 0 Å². The van der Waals surface area contributed by atoms with E-state index in [0.717, 1.165) is 24.6 Å². The van der Waals surface area contributed by atoms with E-state index < -0.39 is 5.60 Å². The summed E-state index contributed by atoms with van der Waals surface area (Å²) < 4.78 is 0. The third-order valence-corrected chi connectivity index (χ3v) is 2.10. The fraction of sp³-hybridized carbons (Fsp3) is 1.00. The van der Waals surface area contributed by atoms with Gasteiger partial charge in [0.1, 0.15) is 0 Å². The first-order valence-electron chi connectivity index (χ1n) is 3.91. The number of hydrogen-bond acceptors (Lipinski definition) is 1. The summed E-state index contributed by atoms with van der Waals surface area (Å²) in [6.07, 6.45) is 4.07. The van der Waals surface area contributed by atoms with Gasteiger partial charge >= 0.3 is 0 Å². The average Bonchev–Trinajstić information content (AvgIpc) is 1.84. The molecule has 0 spiro atoms. The lowest BCUT2D eigenvalue weighted by Crippen LogP contribution is -2.24. The molecule has 1 N–H and O–H groups in total. The van der Waals surface area contributed by atoms with E-state index in [1.54, 1.807) is 0 Å². The minimum absolute atomic E-state index is 0.445. The molecule has 0 radical (unpaired) electrons. The highest BCUT2D eigenvalue weighted by atomic mass is 79.9. The van der Waals surface area contributed by atoms with E-state index in [1.807, 2.05) is 6.92 Å². The predicted octanol–water partition coefficient (Wildman–Crippen LogP) is 2.71. The Kier molecular flexibility index (Phi) is 5.36. The molecule has 62 valence electrons. The van der Waals surface area contributed by atoms with Crippen molar-refractivity contribution in [3.8, 4) is 0 Å². The molecule has 0 rings (SSSR count). The molecule has 0 aliphatic carbocycles. The van der Waals surface area contributed by atoms with E-state index in [0.29, 0.717) is 0 Å². The quantitative estimate of drug-likeness (QED) is 0.690. The number of aliphatic hydroxyl groups is 1. The fourth-order valence-electron chi connectivity index (χ4n) is 0.886. The van der Waals surface area contributed by atoms with Crippen molar-refractivity contribution in [2.24, 2.45) is 0 Å². The number of rotatable bonds is 5. The van der Waals surface area contributed by atoms with Crippen LogP contribution < -0.4 is 0 Å². The van der Waals surface area contributed by atoms with Crippen molar-refractivity contribution in [1.82, 2.24) is 0 Å². The minimum atomic E-state index is -0.445. The standard InChI is InChI=1S/C8H17BrO/c1-3-4-5-8(2,10)6-7-9/h10H,3-7H2,1-2H3/t8-/m0/s1. The Morgan fingerprint density at radius 2 is 2.00 bits per heavy atom. The Morgan fingerprint density at radius 3 is 2.40 bits per heavy atom. The second-order valence-corrected chi connectivity index (χ2v) is 3.83. The zero-order chi connectivity index (χ0) is 8.04. The maximum absolute atomic E-state index is 9.62.